The molecule has 0 saturated heterocycles. The molecule has 162 valence electrons. The first kappa shape index (κ1) is 26.4. The number of methoxy groups -OCH3 is 1. The topological polar surface area (TPSA) is 46.5 Å². The first-order valence-corrected chi connectivity index (χ1v) is 11.2. The van der Waals surface area contributed by atoms with Crippen LogP contribution in [-0.2, 0) is 4.74 Å². The number of rotatable bonds is 13. The highest BCUT2D eigenvalue weighted by Gasteiger charge is 2.24. The molecule has 1 N–H and O–H groups in total. The van der Waals surface area contributed by atoms with Crippen LogP contribution in [0.15, 0.2) is 24.3 Å². The fourth-order valence-corrected chi connectivity index (χ4v) is 3.36. The Morgan fingerprint density at radius 3 is 1.43 bits per heavy atom. The van der Waals surface area contributed by atoms with Crippen LogP contribution in [0.2, 0.25) is 0 Å². The van der Waals surface area contributed by atoms with Crippen LogP contribution in [0, 0.1) is 0 Å². The van der Waals surface area contributed by atoms with Crippen LogP contribution in [0.3, 0.4) is 0 Å². The van der Waals surface area contributed by atoms with Crippen LogP contribution < -0.4 is 0 Å². The first-order chi connectivity index (χ1) is 13.5. The van der Waals surface area contributed by atoms with E-state index in [0.29, 0.717) is 5.56 Å². The van der Waals surface area contributed by atoms with Gasteiger partial charge in [0.25, 0.3) is 0 Å². The molecule has 0 atom stereocenters. The van der Waals surface area contributed by atoms with Gasteiger partial charge in [-0.25, -0.2) is 4.79 Å². The molecule has 1 aromatic rings. The monoisotopic (exact) mass is 394 g/mol. The SMILES string of the molecule is CCCC[N+](CCCC)(CCCC)CCCC.COC(=O)c1ccc(O)cc1. The van der Waals surface area contributed by atoms with E-state index in [4.69, 9.17) is 5.11 Å². The summed E-state index contributed by atoms with van der Waals surface area (Å²) in [6, 6.07) is 5.88. The van der Waals surface area contributed by atoms with Gasteiger partial charge in [0.05, 0.1) is 38.9 Å². The number of carbonyl (C=O) groups excluding carboxylic acids is 1. The second kappa shape index (κ2) is 16.4. The van der Waals surface area contributed by atoms with Gasteiger partial charge in [-0.15, -0.1) is 0 Å². The molecule has 0 aliphatic rings. The van der Waals surface area contributed by atoms with Gasteiger partial charge in [0, 0.05) is 0 Å². The van der Waals surface area contributed by atoms with E-state index < -0.39 is 5.97 Å². The maximum absolute atomic E-state index is 10.8. The number of unbranched alkanes of at least 4 members (excludes halogenated alkanes) is 4. The number of esters is 1. The molecule has 1 aromatic carbocycles. The van der Waals surface area contributed by atoms with Gasteiger partial charge < -0.3 is 14.3 Å². The van der Waals surface area contributed by atoms with E-state index in [9.17, 15) is 4.79 Å². The van der Waals surface area contributed by atoms with E-state index in [1.165, 1.54) is 113 Å². The predicted octanol–water partition coefficient (Wildman–Crippen LogP) is 6.18. The van der Waals surface area contributed by atoms with Gasteiger partial charge in [0.15, 0.2) is 0 Å². The van der Waals surface area contributed by atoms with Crippen LogP contribution in [-0.4, -0.2) is 48.8 Å². The number of quaternary nitrogens is 1. The highest BCUT2D eigenvalue weighted by atomic mass is 16.5. The number of carbonyl (C=O) groups is 1. The van der Waals surface area contributed by atoms with Crippen molar-refractivity contribution in [3.63, 3.8) is 0 Å². The summed E-state index contributed by atoms with van der Waals surface area (Å²) in [6.07, 6.45) is 11.1. The summed E-state index contributed by atoms with van der Waals surface area (Å²) >= 11 is 0. The third-order valence-electron chi connectivity index (χ3n) is 5.23. The normalized spacial score (nSPS) is 10.9. The summed E-state index contributed by atoms with van der Waals surface area (Å²) in [6.45, 7) is 15.0. The molecule has 0 amide bonds. The van der Waals surface area contributed by atoms with Gasteiger partial charge in [0.1, 0.15) is 5.75 Å². The molecule has 0 bridgehead atoms. The van der Waals surface area contributed by atoms with Crippen molar-refractivity contribution >= 4 is 5.97 Å². The zero-order valence-corrected chi connectivity index (χ0v) is 19.0. The molecule has 4 heteroatoms. The van der Waals surface area contributed by atoms with Gasteiger partial charge >= 0.3 is 5.97 Å². The van der Waals surface area contributed by atoms with Crippen LogP contribution >= 0.6 is 0 Å². The second-order valence-corrected chi connectivity index (χ2v) is 7.69. The molecule has 4 nitrogen and oxygen atoms in total. The number of hydrogen-bond donors (Lipinski definition) is 1. The molecule has 0 aliphatic heterocycles. The molecule has 0 unspecified atom stereocenters. The van der Waals surface area contributed by atoms with Gasteiger partial charge in [-0.1, -0.05) is 53.4 Å². The lowest BCUT2D eigenvalue weighted by molar-refractivity contribution is -0.929. The van der Waals surface area contributed by atoms with Crippen molar-refractivity contribution in [3.8, 4) is 5.75 Å². The zero-order valence-electron chi connectivity index (χ0n) is 19.0. The van der Waals surface area contributed by atoms with Gasteiger partial charge in [-0.2, -0.15) is 0 Å². The Kier molecular flexibility index (Phi) is 15.5. The molecule has 0 aliphatic carbocycles. The van der Waals surface area contributed by atoms with E-state index in [1.54, 1.807) is 0 Å². The molecule has 0 fully saturated rings. The lowest BCUT2D eigenvalue weighted by atomic mass is 10.1. The van der Waals surface area contributed by atoms with Crippen LogP contribution in [0.25, 0.3) is 0 Å². The Hall–Kier alpha value is -1.55. The number of phenols is 1. The van der Waals surface area contributed by atoms with Crippen molar-refractivity contribution in [1.82, 2.24) is 0 Å². The molecule has 0 spiro atoms. The van der Waals surface area contributed by atoms with E-state index in [2.05, 4.69) is 32.4 Å². The molecular weight excluding hydrogens is 350 g/mol. The highest BCUT2D eigenvalue weighted by molar-refractivity contribution is 5.89. The number of hydrogen-bond acceptors (Lipinski definition) is 3. The van der Waals surface area contributed by atoms with Crippen molar-refractivity contribution in [2.75, 3.05) is 33.3 Å². The van der Waals surface area contributed by atoms with Crippen LogP contribution in [0.5, 0.6) is 5.75 Å². The number of phenolic OH excluding ortho intramolecular Hbond substituents is 1. The Balaban J connectivity index is 0.000000567. The number of benzene rings is 1. The Labute approximate surface area is 173 Å². The van der Waals surface area contributed by atoms with Crippen molar-refractivity contribution in [3.05, 3.63) is 29.8 Å². The fraction of sp³-hybridized carbons (Fsp3) is 0.708. The van der Waals surface area contributed by atoms with Gasteiger partial charge in [-0.3, -0.25) is 0 Å². The van der Waals surface area contributed by atoms with Crippen molar-refractivity contribution < 1.29 is 19.1 Å². The van der Waals surface area contributed by atoms with E-state index >= 15 is 0 Å². The minimum atomic E-state index is -0.398. The highest BCUT2D eigenvalue weighted by Crippen LogP contribution is 2.16. The quantitative estimate of drug-likeness (QED) is 0.321. The van der Waals surface area contributed by atoms with Crippen molar-refractivity contribution in [2.24, 2.45) is 0 Å². The second-order valence-electron chi connectivity index (χ2n) is 7.69. The largest absolute Gasteiger partial charge is 0.508 e. The third-order valence-corrected chi connectivity index (χ3v) is 5.23. The number of ether oxygens (including phenoxy) is 1. The summed E-state index contributed by atoms with van der Waals surface area (Å²) in [7, 11) is 1.31. The molecular formula is C24H44NO3+. The van der Waals surface area contributed by atoms with Crippen LogP contribution in [0.1, 0.15) is 89.4 Å². The maximum Gasteiger partial charge on any atom is 0.337 e. The molecule has 0 radical (unpaired) electrons. The summed E-state index contributed by atoms with van der Waals surface area (Å²) in [5, 5.41) is 8.86. The van der Waals surface area contributed by atoms with Gasteiger partial charge in [-0.05, 0) is 49.9 Å². The molecule has 0 saturated carbocycles. The van der Waals surface area contributed by atoms with E-state index in [0.717, 1.165) is 0 Å². The Morgan fingerprint density at radius 2 is 1.14 bits per heavy atom. The van der Waals surface area contributed by atoms with Crippen molar-refractivity contribution in [2.45, 2.75) is 79.1 Å². The smallest absolute Gasteiger partial charge is 0.337 e. The summed E-state index contributed by atoms with van der Waals surface area (Å²) in [5.74, 6) is -0.261. The third kappa shape index (κ3) is 11.3. The minimum absolute atomic E-state index is 0.137. The first-order valence-electron chi connectivity index (χ1n) is 11.2. The number of nitrogens with zero attached hydrogens (tertiary/aromatic N) is 1. The minimum Gasteiger partial charge on any atom is -0.508 e. The van der Waals surface area contributed by atoms with Gasteiger partial charge in [0.2, 0.25) is 0 Å². The molecule has 0 heterocycles. The molecule has 28 heavy (non-hydrogen) atoms. The van der Waals surface area contributed by atoms with E-state index in [-0.39, 0.29) is 5.75 Å². The Morgan fingerprint density at radius 1 is 0.786 bits per heavy atom. The van der Waals surface area contributed by atoms with E-state index in [1.807, 2.05) is 0 Å². The summed E-state index contributed by atoms with van der Waals surface area (Å²) in [4.78, 5) is 10.8. The predicted molar refractivity (Wildman–Crippen MR) is 119 cm³/mol. The standard InChI is InChI=1S/C16H36N.C8H8O3/c1-5-9-13-17(14-10-6-2,15-11-7-3)16-12-8-4;1-11-8(10)6-2-4-7(9)5-3-6/h5-16H2,1-4H3;2-5,9H,1H3/q+1;. The number of aromatic hydroxyl groups is 1. The zero-order chi connectivity index (χ0) is 21.3. The lowest BCUT2D eigenvalue weighted by Crippen LogP contribution is -2.50. The summed E-state index contributed by atoms with van der Waals surface area (Å²) in [5.41, 5.74) is 0.435. The van der Waals surface area contributed by atoms with Crippen LogP contribution in [0.4, 0.5) is 0 Å². The van der Waals surface area contributed by atoms with Crippen molar-refractivity contribution in [1.29, 1.82) is 0 Å². The molecule has 1 rings (SSSR count). The Bertz CT molecular complexity index is 462. The lowest BCUT2D eigenvalue weighted by Gasteiger charge is -2.39. The fourth-order valence-electron chi connectivity index (χ4n) is 3.36. The maximum atomic E-state index is 10.8. The molecule has 0 aromatic heterocycles. The average Bonchev–Trinajstić information content (AvgIpc) is 2.73. The summed E-state index contributed by atoms with van der Waals surface area (Å²) < 4.78 is 5.88. The average molecular weight is 395 g/mol.